The van der Waals surface area contributed by atoms with Crippen molar-refractivity contribution in [3.8, 4) is 0 Å². The molecule has 0 aliphatic rings. The minimum atomic E-state index is -2.14. The third kappa shape index (κ3) is 3.76. The molecule has 2 nitrogen and oxygen atoms in total. The van der Waals surface area contributed by atoms with E-state index in [0.717, 1.165) is 5.56 Å². The monoisotopic (exact) mass is 306 g/mol. The Hall–Kier alpha value is -1.09. The molecule has 0 radical (unpaired) electrons. The van der Waals surface area contributed by atoms with Crippen molar-refractivity contribution in [3.05, 3.63) is 35.9 Å². The molecule has 3 heteroatoms. The Morgan fingerprint density at radius 1 is 0.857 bits per heavy atom. The molecule has 1 aromatic carbocycles. The highest BCUT2D eigenvalue weighted by Gasteiger charge is 2.48. The molecule has 0 saturated heterocycles. The summed E-state index contributed by atoms with van der Waals surface area (Å²) < 4.78 is 6.24. The van der Waals surface area contributed by atoms with Crippen molar-refractivity contribution >= 4 is 14.3 Å². The molecule has 0 heterocycles. The Labute approximate surface area is 131 Å². The Bertz CT molecular complexity index is 430. The van der Waals surface area contributed by atoms with Crippen molar-refractivity contribution in [3.63, 3.8) is 0 Å². The van der Waals surface area contributed by atoms with Crippen LogP contribution >= 0.6 is 0 Å². The maximum Gasteiger partial charge on any atom is 0.299 e. The Balaban J connectivity index is 3.01. The maximum atomic E-state index is 12.7. The number of benzene rings is 1. The summed E-state index contributed by atoms with van der Waals surface area (Å²) in [6.07, 6.45) is 0. The van der Waals surface area contributed by atoms with Crippen molar-refractivity contribution in [1.82, 2.24) is 0 Å². The van der Waals surface area contributed by atoms with Gasteiger partial charge >= 0.3 is 0 Å². The van der Waals surface area contributed by atoms with Crippen molar-refractivity contribution < 1.29 is 9.22 Å². The molecule has 0 N–H and O–H groups in total. The zero-order chi connectivity index (χ0) is 16.2. The standard InChI is InChI=1S/C18H30O2Si/c1-13(2)21(14(3)4,15(5)6)20-18(19)16(7)17-11-9-8-10-12-17/h8-16H,1-7H3. The van der Waals surface area contributed by atoms with Crippen molar-refractivity contribution in [2.75, 3.05) is 0 Å². The summed E-state index contributed by atoms with van der Waals surface area (Å²) in [5.74, 6) is -0.265. The van der Waals surface area contributed by atoms with Gasteiger partial charge in [0.2, 0.25) is 0 Å². The molecule has 0 fully saturated rings. The van der Waals surface area contributed by atoms with Crippen LogP contribution in [0.4, 0.5) is 0 Å². The molecule has 118 valence electrons. The van der Waals surface area contributed by atoms with Gasteiger partial charge in [0.1, 0.15) is 0 Å². The predicted molar refractivity (Wildman–Crippen MR) is 92.0 cm³/mol. The Morgan fingerprint density at radius 3 is 1.67 bits per heavy atom. The lowest BCUT2D eigenvalue weighted by molar-refractivity contribution is -0.137. The highest BCUT2D eigenvalue weighted by atomic mass is 28.4. The van der Waals surface area contributed by atoms with Crippen LogP contribution in [0.3, 0.4) is 0 Å². The lowest BCUT2D eigenvalue weighted by Crippen LogP contribution is -2.49. The predicted octanol–water partition coefficient (Wildman–Crippen LogP) is 5.51. The molecule has 1 unspecified atom stereocenters. The van der Waals surface area contributed by atoms with Gasteiger partial charge in [-0.05, 0) is 29.1 Å². The van der Waals surface area contributed by atoms with Gasteiger partial charge in [-0.15, -0.1) is 0 Å². The summed E-state index contributed by atoms with van der Waals surface area (Å²) in [5, 5.41) is 0. The normalized spacial score (nSPS) is 13.8. The summed E-state index contributed by atoms with van der Waals surface area (Å²) >= 11 is 0. The van der Waals surface area contributed by atoms with E-state index >= 15 is 0 Å². The quantitative estimate of drug-likeness (QED) is 0.648. The van der Waals surface area contributed by atoms with Gasteiger partial charge in [-0.3, -0.25) is 4.79 Å². The number of hydrogen-bond donors (Lipinski definition) is 0. The third-order valence-corrected chi connectivity index (χ3v) is 10.6. The summed E-state index contributed by atoms with van der Waals surface area (Å²) in [4.78, 5) is 12.7. The van der Waals surface area contributed by atoms with Gasteiger partial charge in [-0.1, -0.05) is 71.9 Å². The molecule has 0 saturated carbocycles. The second-order valence-corrected chi connectivity index (χ2v) is 12.2. The molecule has 0 aromatic heterocycles. The van der Waals surface area contributed by atoms with E-state index in [1.54, 1.807) is 0 Å². The smallest absolute Gasteiger partial charge is 0.299 e. The number of rotatable bonds is 6. The third-order valence-electron chi connectivity index (χ3n) is 4.64. The molecule has 0 aliphatic carbocycles. The largest absolute Gasteiger partial charge is 0.518 e. The van der Waals surface area contributed by atoms with Crippen LogP contribution in [-0.4, -0.2) is 14.3 Å². The van der Waals surface area contributed by atoms with E-state index in [2.05, 4.69) is 41.5 Å². The van der Waals surface area contributed by atoms with Crippen LogP contribution < -0.4 is 0 Å². The van der Waals surface area contributed by atoms with E-state index in [1.807, 2.05) is 37.3 Å². The van der Waals surface area contributed by atoms with Gasteiger partial charge in [0.25, 0.3) is 14.3 Å². The lowest BCUT2D eigenvalue weighted by Gasteiger charge is -2.41. The Morgan fingerprint density at radius 2 is 1.29 bits per heavy atom. The van der Waals surface area contributed by atoms with Crippen LogP contribution in [0.5, 0.6) is 0 Å². The summed E-state index contributed by atoms with van der Waals surface area (Å²) in [5.41, 5.74) is 2.29. The zero-order valence-electron chi connectivity index (χ0n) is 14.5. The Kier molecular flexibility index (Phi) is 6.20. The average molecular weight is 307 g/mol. The zero-order valence-corrected chi connectivity index (χ0v) is 15.5. The van der Waals surface area contributed by atoms with E-state index in [9.17, 15) is 4.79 Å². The molecular formula is C18H30O2Si. The molecule has 0 aliphatic heterocycles. The molecule has 1 rings (SSSR count). The summed E-state index contributed by atoms with van der Waals surface area (Å²) in [6.45, 7) is 15.1. The second-order valence-electron chi connectivity index (χ2n) is 6.87. The average Bonchev–Trinajstić information content (AvgIpc) is 2.43. The highest BCUT2D eigenvalue weighted by Crippen LogP contribution is 2.43. The highest BCUT2D eigenvalue weighted by molar-refractivity contribution is 6.78. The number of carbonyl (C=O) groups excluding carboxylic acids is 1. The van der Waals surface area contributed by atoms with Crippen LogP contribution in [0.15, 0.2) is 30.3 Å². The van der Waals surface area contributed by atoms with Gasteiger partial charge in [0.15, 0.2) is 0 Å². The van der Waals surface area contributed by atoms with Gasteiger partial charge in [-0.25, -0.2) is 0 Å². The lowest BCUT2D eigenvalue weighted by atomic mass is 10.0. The van der Waals surface area contributed by atoms with Gasteiger partial charge in [0, 0.05) is 0 Å². The van der Waals surface area contributed by atoms with Gasteiger partial charge in [-0.2, -0.15) is 0 Å². The molecule has 0 spiro atoms. The number of hydrogen-bond acceptors (Lipinski definition) is 2. The van der Waals surface area contributed by atoms with Crippen LogP contribution in [0, 0.1) is 0 Å². The molecule has 1 atom stereocenters. The first kappa shape index (κ1) is 18.0. The van der Waals surface area contributed by atoms with E-state index in [4.69, 9.17) is 4.43 Å². The molecule has 0 bridgehead atoms. The van der Waals surface area contributed by atoms with Crippen molar-refractivity contribution in [2.45, 2.75) is 71.0 Å². The van der Waals surface area contributed by atoms with Crippen molar-refractivity contribution in [1.29, 1.82) is 0 Å². The van der Waals surface area contributed by atoms with Crippen molar-refractivity contribution in [2.24, 2.45) is 0 Å². The summed E-state index contributed by atoms with van der Waals surface area (Å²) in [6, 6.07) is 9.90. The minimum Gasteiger partial charge on any atom is -0.518 e. The number of carbonyl (C=O) groups is 1. The fourth-order valence-electron chi connectivity index (χ4n) is 3.49. The van der Waals surface area contributed by atoms with Gasteiger partial charge < -0.3 is 4.43 Å². The van der Waals surface area contributed by atoms with Crippen LogP contribution in [-0.2, 0) is 9.22 Å². The first-order chi connectivity index (χ1) is 9.73. The van der Waals surface area contributed by atoms with E-state index in [0.29, 0.717) is 16.6 Å². The molecule has 0 amide bonds. The van der Waals surface area contributed by atoms with Gasteiger partial charge in [0.05, 0.1) is 5.92 Å². The topological polar surface area (TPSA) is 26.3 Å². The maximum absolute atomic E-state index is 12.7. The van der Waals surface area contributed by atoms with E-state index in [-0.39, 0.29) is 11.9 Å². The van der Waals surface area contributed by atoms with Crippen LogP contribution in [0.25, 0.3) is 0 Å². The first-order valence-electron chi connectivity index (χ1n) is 8.01. The van der Waals surface area contributed by atoms with Crippen LogP contribution in [0.1, 0.15) is 59.9 Å². The molecule has 1 aromatic rings. The fourth-order valence-corrected chi connectivity index (χ4v) is 8.73. The molecular weight excluding hydrogens is 276 g/mol. The van der Waals surface area contributed by atoms with E-state index in [1.165, 1.54) is 0 Å². The SMILES string of the molecule is CC(C(=O)O[Si](C(C)C)(C(C)C)C(C)C)c1ccccc1. The second kappa shape index (κ2) is 7.26. The van der Waals surface area contributed by atoms with E-state index < -0.39 is 8.32 Å². The van der Waals surface area contributed by atoms with Crippen LogP contribution in [0.2, 0.25) is 16.6 Å². The molecule has 21 heavy (non-hydrogen) atoms. The first-order valence-corrected chi connectivity index (χ1v) is 10.1. The minimum absolute atomic E-state index is 0.0658. The fraction of sp³-hybridized carbons (Fsp3) is 0.611. The summed E-state index contributed by atoms with van der Waals surface area (Å²) in [7, 11) is -2.14.